The number of pyridine rings is 1. The van der Waals surface area contributed by atoms with E-state index in [1.807, 2.05) is 6.07 Å². The molecular formula is C20H13F2N2O2S2Y-. The molecule has 0 atom stereocenters. The van der Waals surface area contributed by atoms with Crippen LogP contribution in [0.1, 0.15) is 5.56 Å². The SMILES string of the molecule is O=S(=O)(c1ccccc1)N(Cc1ccc(F)c(F)c1)c1[c-]c2ncccc2s1.[Y]. The fraction of sp³-hybridized carbons (Fsp3) is 0.0500. The van der Waals surface area contributed by atoms with Gasteiger partial charge in [0, 0.05) is 38.9 Å². The van der Waals surface area contributed by atoms with Gasteiger partial charge in [0.1, 0.15) is 0 Å². The molecule has 9 heteroatoms. The van der Waals surface area contributed by atoms with E-state index in [0.29, 0.717) is 16.1 Å². The van der Waals surface area contributed by atoms with Crippen molar-refractivity contribution in [2.45, 2.75) is 11.4 Å². The van der Waals surface area contributed by atoms with Crippen LogP contribution >= 0.6 is 11.3 Å². The number of aromatic nitrogens is 1. The summed E-state index contributed by atoms with van der Waals surface area (Å²) in [6.45, 7) is -0.169. The van der Waals surface area contributed by atoms with Crippen molar-refractivity contribution in [2.24, 2.45) is 0 Å². The van der Waals surface area contributed by atoms with E-state index in [0.717, 1.165) is 21.1 Å². The average molecular weight is 504 g/mol. The van der Waals surface area contributed by atoms with Gasteiger partial charge < -0.3 is 0 Å². The molecule has 0 spiro atoms. The van der Waals surface area contributed by atoms with Crippen LogP contribution in [0.2, 0.25) is 0 Å². The van der Waals surface area contributed by atoms with Gasteiger partial charge in [0.25, 0.3) is 10.0 Å². The van der Waals surface area contributed by atoms with Crippen molar-refractivity contribution in [3.63, 3.8) is 0 Å². The zero-order valence-corrected chi connectivity index (χ0v) is 19.4. The molecule has 2 heterocycles. The number of fused-ring (bicyclic) bond motifs is 1. The molecule has 0 amide bonds. The Bertz CT molecular complexity index is 1210. The number of benzene rings is 2. The van der Waals surface area contributed by atoms with Crippen molar-refractivity contribution < 1.29 is 49.9 Å². The third-order valence-corrected chi connectivity index (χ3v) is 7.01. The first-order chi connectivity index (χ1) is 13.4. The molecule has 0 aliphatic heterocycles. The number of nitrogens with zero attached hydrogens (tertiary/aromatic N) is 2. The molecule has 0 unspecified atom stereocenters. The predicted octanol–water partition coefficient (Wildman–Crippen LogP) is 4.77. The maximum atomic E-state index is 13.7. The number of hydrogen-bond acceptors (Lipinski definition) is 4. The molecule has 0 saturated heterocycles. The summed E-state index contributed by atoms with van der Waals surface area (Å²) in [6.07, 6.45) is 1.60. The van der Waals surface area contributed by atoms with Gasteiger partial charge in [-0.1, -0.05) is 40.5 Å². The van der Waals surface area contributed by atoms with Crippen LogP contribution in [0.25, 0.3) is 10.2 Å². The quantitative estimate of drug-likeness (QED) is 0.368. The van der Waals surface area contributed by atoms with Gasteiger partial charge in [-0.2, -0.15) is 6.07 Å². The maximum absolute atomic E-state index is 13.7. The molecule has 0 bridgehead atoms. The Kier molecular flexibility index (Phi) is 6.78. The minimum Gasteiger partial charge on any atom is -0.295 e. The second-order valence-corrected chi connectivity index (χ2v) is 8.85. The van der Waals surface area contributed by atoms with Crippen molar-refractivity contribution in [3.05, 3.63) is 90.1 Å². The summed E-state index contributed by atoms with van der Waals surface area (Å²) in [5.74, 6) is -2.02. The van der Waals surface area contributed by atoms with Gasteiger partial charge in [0.05, 0.1) is 11.4 Å². The van der Waals surface area contributed by atoms with Gasteiger partial charge in [-0.25, -0.2) is 28.5 Å². The van der Waals surface area contributed by atoms with E-state index < -0.39 is 21.7 Å². The molecule has 0 N–H and O–H groups in total. The Morgan fingerprint density at radius 2 is 1.76 bits per heavy atom. The van der Waals surface area contributed by atoms with Gasteiger partial charge in [0.2, 0.25) is 0 Å². The van der Waals surface area contributed by atoms with Crippen LogP contribution in [0.15, 0.2) is 71.8 Å². The van der Waals surface area contributed by atoms with Crippen LogP contribution in [-0.2, 0) is 49.3 Å². The summed E-state index contributed by atoms with van der Waals surface area (Å²) >= 11 is 1.21. The molecule has 4 nitrogen and oxygen atoms in total. The van der Waals surface area contributed by atoms with E-state index in [1.165, 1.54) is 29.5 Å². The normalized spacial score (nSPS) is 11.2. The van der Waals surface area contributed by atoms with Gasteiger partial charge in [-0.3, -0.25) is 9.29 Å². The maximum Gasteiger partial charge on any atom is 0.263 e. The summed E-state index contributed by atoms with van der Waals surface area (Å²) in [6, 6.07) is 17.8. The number of thiophene rings is 1. The van der Waals surface area contributed by atoms with E-state index in [1.54, 1.807) is 30.5 Å². The van der Waals surface area contributed by atoms with E-state index in [-0.39, 0.29) is 44.1 Å². The zero-order valence-electron chi connectivity index (χ0n) is 14.9. The third kappa shape index (κ3) is 4.55. The van der Waals surface area contributed by atoms with Crippen LogP contribution in [0.5, 0.6) is 0 Å². The van der Waals surface area contributed by atoms with Gasteiger partial charge in [-0.15, -0.1) is 6.07 Å². The Balaban J connectivity index is 0.00000240. The summed E-state index contributed by atoms with van der Waals surface area (Å²) in [4.78, 5) is 4.29. The molecule has 0 aliphatic carbocycles. The number of rotatable bonds is 5. The topological polar surface area (TPSA) is 50.3 Å². The van der Waals surface area contributed by atoms with Crippen molar-refractivity contribution >= 4 is 36.6 Å². The summed E-state index contributed by atoms with van der Waals surface area (Å²) in [5, 5.41) is 0.322. The first-order valence-electron chi connectivity index (χ1n) is 8.24. The number of halogens is 2. The number of hydrogen-bond donors (Lipinski definition) is 0. The first-order valence-corrected chi connectivity index (χ1v) is 10.5. The van der Waals surface area contributed by atoms with Gasteiger partial charge in [0.15, 0.2) is 11.6 Å². The van der Waals surface area contributed by atoms with Crippen LogP contribution in [0, 0.1) is 17.7 Å². The second kappa shape index (κ2) is 8.96. The van der Waals surface area contributed by atoms with E-state index in [2.05, 4.69) is 11.1 Å². The molecule has 29 heavy (non-hydrogen) atoms. The van der Waals surface area contributed by atoms with Crippen molar-refractivity contribution in [3.8, 4) is 0 Å². The number of sulfonamides is 1. The second-order valence-electron chi connectivity index (χ2n) is 5.96. The Morgan fingerprint density at radius 1 is 1.00 bits per heavy atom. The summed E-state index contributed by atoms with van der Waals surface area (Å²) in [7, 11) is -3.95. The fourth-order valence-electron chi connectivity index (χ4n) is 2.70. The summed E-state index contributed by atoms with van der Waals surface area (Å²) < 4.78 is 55.4. The van der Waals surface area contributed by atoms with Gasteiger partial charge >= 0.3 is 0 Å². The van der Waals surface area contributed by atoms with Crippen LogP contribution in [0.4, 0.5) is 13.8 Å². The molecule has 1 radical (unpaired) electrons. The fourth-order valence-corrected chi connectivity index (χ4v) is 5.31. The van der Waals surface area contributed by atoms with Crippen molar-refractivity contribution in [2.75, 3.05) is 4.31 Å². The molecule has 4 rings (SSSR count). The molecule has 2 aromatic heterocycles. The molecule has 0 fully saturated rings. The molecule has 2 aromatic carbocycles. The molecular weight excluding hydrogens is 491 g/mol. The van der Waals surface area contributed by atoms with Crippen LogP contribution in [0.3, 0.4) is 0 Å². The molecule has 145 valence electrons. The minimum absolute atomic E-state index is 0. The average Bonchev–Trinajstić information content (AvgIpc) is 3.13. The van der Waals surface area contributed by atoms with E-state index in [4.69, 9.17) is 0 Å². The van der Waals surface area contributed by atoms with E-state index >= 15 is 0 Å². The van der Waals surface area contributed by atoms with Crippen molar-refractivity contribution in [1.82, 2.24) is 4.98 Å². The Morgan fingerprint density at radius 3 is 2.45 bits per heavy atom. The van der Waals surface area contributed by atoms with Crippen molar-refractivity contribution in [1.29, 1.82) is 0 Å². The third-order valence-electron chi connectivity index (χ3n) is 4.07. The molecule has 4 aromatic rings. The van der Waals surface area contributed by atoms with Crippen LogP contribution in [-0.4, -0.2) is 13.4 Å². The Hall–Kier alpha value is -1.74. The largest absolute Gasteiger partial charge is 0.295 e. The number of anilines is 1. The van der Waals surface area contributed by atoms with Crippen LogP contribution < -0.4 is 4.31 Å². The van der Waals surface area contributed by atoms with E-state index in [9.17, 15) is 17.2 Å². The predicted molar refractivity (Wildman–Crippen MR) is 105 cm³/mol. The summed E-state index contributed by atoms with van der Waals surface area (Å²) in [5.41, 5.74) is 0.860. The smallest absolute Gasteiger partial charge is 0.263 e. The zero-order chi connectivity index (χ0) is 19.7. The molecule has 0 aliphatic rings. The first kappa shape index (κ1) is 22.0. The Labute approximate surface area is 196 Å². The van der Waals surface area contributed by atoms with Gasteiger partial charge in [-0.05, 0) is 34.8 Å². The standard InChI is InChI=1S/C20H13F2N2O2S2.Y/c21-16-9-8-14(11-17(16)22)13-24(28(25,26)15-5-2-1-3-6-15)20-12-18-19(27-20)7-4-10-23-18;/h1-11H,13H2;/q-1;. The monoisotopic (exact) mass is 504 g/mol. The minimum atomic E-state index is -3.95. The molecule has 0 saturated carbocycles.